The third-order valence-electron chi connectivity index (χ3n) is 5.39. The minimum absolute atomic E-state index is 0.0698. The molecule has 1 aromatic carbocycles. The Kier molecular flexibility index (Phi) is 5.03. The number of rotatable bonds is 5. The number of aromatic nitrogens is 4. The molecule has 3 aromatic heterocycles. The van der Waals surface area contributed by atoms with Gasteiger partial charge < -0.3 is 4.52 Å². The Morgan fingerprint density at radius 1 is 1.00 bits per heavy atom. The second kappa shape index (κ2) is 8.12. The lowest BCUT2D eigenvalue weighted by Gasteiger charge is -2.21. The molecule has 1 aliphatic heterocycles. The third-order valence-corrected chi connectivity index (χ3v) is 5.39. The van der Waals surface area contributed by atoms with Crippen LogP contribution in [0.5, 0.6) is 0 Å². The topological polar surface area (TPSA) is 67.9 Å². The fraction of sp³-hybridized carbons (Fsp3) is 0.217. The smallest absolute Gasteiger partial charge is 0.244 e. The molecule has 0 unspecified atom stereocenters. The van der Waals surface area contributed by atoms with E-state index in [1.807, 2.05) is 36.4 Å². The second-order valence-electron chi connectivity index (χ2n) is 7.38. The van der Waals surface area contributed by atoms with Crippen molar-refractivity contribution in [3.8, 4) is 22.6 Å². The third kappa shape index (κ3) is 3.84. The van der Waals surface area contributed by atoms with E-state index in [0.29, 0.717) is 11.7 Å². The van der Waals surface area contributed by atoms with Gasteiger partial charge in [0.2, 0.25) is 11.7 Å². The van der Waals surface area contributed by atoms with Crippen molar-refractivity contribution in [3.05, 3.63) is 84.4 Å². The molecule has 0 spiro atoms. The van der Waals surface area contributed by atoms with Crippen LogP contribution in [0.3, 0.4) is 0 Å². The van der Waals surface area contributed by atoms with Gasteiger partial charge in [0.05, 0.1) is 11.7 Å². The van der Waals surface area contributed by atoms with E-state index in [-0.39, 0.29) is 11.9 Å². The van der Waals surface area contributed by atoms with Crippen molar-refractivity contribution in [1.29, 1.82) is 0 Å². The fourth-order valence-corrected chi connectivity index (χ4v) is 3.83. The van der Waals surface area contributed by atoms with Crippen LogP contribution < -0.4 is 0 Å². The number of halogens is 1. The number of pyridine rings is 2. The van der Waals surface area contributed by atoms with Gasteiger partial charge in [0.15, 0.2) is 0 Å². The van der Waals surface area contributed by atoms with E-state index in [2.05, 4.69) is 25.0 Å². The quantitative estimate of drug-likeness (QED) is 0.484. The molecule has 4 heterocycles. The van der Waals surface area contributed by atoms with E-state index in [1.54, 1.807) is 18.6 Å². The summed E-state index contributed by atoms with van der Waals surface area (Å²) in [6, 6.07) is 14.4. The van der Waals surface area contributed by atoms with Gasteiger partial charge in [0, 0.05) is 36.3 Å². The largest absolute Gasteiger partial charge is 0.337 e. The van der Waals surface area contributed by atoms with Crippen LogP contribution in [0.1, 0.15) is 30.3 Å². The Morgan fingerprint density at radius 3 is 2.60 bits per heavy atom. The molecule has 1 saturated heterocycles. The summed E-state index contributed by atoms with van der Waals surface area (Å²) in [6.45, 7) is 1.67. The molecule has 150 valence electrons. The van der Waals surface area contributed by atoms with Gasteiger partial charge >= 0.3 is 0 Å². The maximum absolute atomic E-state index is 13.2. The zero-order valence-electron chi connectivity index (χ0n) is 16.3. The van der Waals surface area contributed by atoms with Crippen LogP contribution >= 0.6 is 0 Å². The maximum atomic E-state index is 13.2. The monoisotopic (exact) mass is 401 g/mol. The molecule has 1 atom stereocenters. The highest BCUT2D eigenvalue weighted by molar-refractivity contribution is 5.62. The Balaban J connectivity index is 1.32. The predicted octanol–water partition coefficient (Wildman–Crippen LogP) is 4.67. The van der Waals surface area contributed by atoms with E-state index in [0.717, 1.165) is 48.3 Å². The predicted molar refractivity (Wildman–Crippen MR) is 110 cm³/mol. The normalized spacial score (nSPS) is 16.8. The van der Waals surface area contributed by atoms with Crippen LogP contribution in [0.25, 0.3) is 22.6 Å². The lowest BCUT2D eigenvalue weighted by Crippen LogP contribution is -2.23. The number of benzene rings is 1. The summed E-state index contributed by atoms with van der Waals surface area (Å²) in [5.74, 6) is 0.928. The first-order valence-electron chi connectivity index (χ1n) is 9.95. The zero-order chi connectivity index (χ0) is 20.3. The van der Waals surface area contributed by atoms with E-state index >= 15 is 0 Å². The highest BCUT2D eigenvalue weighted by Gasteiger charge is 2.30. The average Bonchev–Trinajstić information content (AvgIpc) is 3.46. The van der Waals surface area contributed by atoms with Crippen molar-refractivity contribution in [1.82, 2.24) is 25.0 Å². The number of hydrogen-bond acceptors (Lipinski definition) is 6. The summed E-state index contributed by atoms with van der Waals surface area (Å²) in [5, 5.41) is 4.17. The van der Waals surface area contributed by atoms with Crippen LogP contribution in [-0.2, 0) is 6.54 Å². The SMILES string of the molecule is Fc1ccc(CN2CCC[C@H]2c2nc(-c3ccc(-c4ccncc4)nc3)no2)cc1. The first-order chi connectivity index (χ1) is 14.8. The van der Waals surface area contributed by atoms with Crippen molar-refractivity contribution in [2.75, 3.05) is 6.54 Å². The van der Waals surface area contributed by atoms with Gasteiger partial charge in [0.25, 0.3) is 0 Å². The van der Waals surface area contributed by atoms with Crippen molar-refractivity contribution < 1.29 is 8.91 Å². The summed E-state index contributed by atoms with van der Waals surface area (Å²) in [5.41, 5.74) is 3.75. The van der Waals surface area contributed by atoms with Gasteiger partial charge in [-0.3, -0.25) is 14.9 Å². The second-order valence-corrected chi connectivity index (χ2v) is 7.38. The highest BCUT2D eigenvalue weighted by Crippen LogP contribution is 2.33. The molecule has 0 aliphatic carbocycles. The molecule has 7 heteroatoms. The first kappa shape index (κ1) is 18.6. The molecule has 4 aromatic rings. The summed E-state index contributed by atoms with van der Waals surface area (Å²) in [7, 11) is 0. The van der Waals surface area contributed by atoms with E-state index in [1.165, 1.54) is 12.1 Å². The Labute approximate surface area is 173 Å². The molecule has 0 bridgehead atoms. The fourth-order valence-electron chi connectivity index (χ4n) is 3.83. The summed E-state index contributed by atoms with van der Waals surface area (Å²) in [4.78, 5) is 15.5. The van der Waals surface area contributed by atoms with Crippen LogP contribution in [-0.4, -0.2) is 31.6 Å². The molecular formula is C23H20FN5O. The first-order valence-corrected chi connectivity index (χ1v) is 9.95. The molecule has 1 aliphatic rings. The number of hydrogen-bond donors (Lipinski definition) is 0. The van der Waals surface area contributed by atoms with Crippen molar-refractivity contribution in [2.24, 2.45) is 0 Å². The molecule has 0 amide bonds. The highest BCUT2D eigenvalue weighted by atomic mass is 19.1. The van der Waals surface area contributed by atoms with E-state index in [9.17, 15) is 4.39 Å². The Hall–Kier alpha value is -3.45. The molecule has 0 N–H and O–H groups in total. The van der Waals surface area contributed by atoms with E-state index < -0.39 is 0 Å². The van der Waals surface area contributed by atoms with Crippen LogP contribution in [0.4, 0.5) is 4.39 Å². The zero-order valence-corrected chi connectivity index (χ0v) is 16.3. The van der Waals surface area contributed by atoms with Gasteiger partial charge in [-0.05, 0) is 61.3 Å². The van der Waals surface area contributed by atoms with Gasteiger partial charge in [-0.2, -0.15) is 4.98 Å². The van der Waals surface area contributed by atoms with Crippen LogP contribution in [0.2, 0.25) is 0 Å². The van der Waals surface area contributed by atoms with E-state index in [4.69, 9.17) is 4.52 Å². The Bertz CT molecular complexity index is 1110. The number of nitrogens with zero attached hydrogens (tertiary/aromatic N) is 5. The van der Waals surface area contributed by atoms with Crippen molar-refractivity contribution in [3.63, 3.8) is 0 Å². The average molecular weight is 401 g/mol. The molecule has 0 radical (unpaired) electrons. The summed E-state index contributed by atoms with van der Waals surface area (Å²) >= 11 is 0. The molecule has 30 heavy (non-hydrogen) atoms. The van der Waals surface area contributed by atoms with Gasteiger partial charge in [-0.25, -0.2) is 4.39 Å². The lowest BCUT2D eigenvalue weighted by atomic mass is 10.1. The lowest BCUT2D eigenvalue weighted by molar-refractivity contribution is 0.201. The molecule has 5 rings (SSSR count). The number of likely N-dealkylation sites (tertiary alicyclic amines) is 1. The summed E-state index contributed by atoms with van der Waals surface area (Å²) < 4.78 is 18.8. The molecule has 6 nitrogen and oxygen atoms in total. The van der Waals surface area contributed by atoms with Crippen molar-refractivity contribution in [2.45, 2.75) is 25.4 Å². The Morgan fingerprint density at radius 2 is 1.83 bits per heavy atom. The van der Waals surface area contributed by atoms with Gasteiger partial charge in [-0.1, -0.05) is 17.3 Å². The van der Waals surface area contributed by atoms with Crippen molar-refractivity contribution >= 4 is 0 Å². The molecule has 1 fully saturated rings. The minimum atomic E-state index is -0.221. The summed E-state index contributed by atoms with van der Waals surface area (Å²) in [6.07, 6.45) is 7.27. The van der Waals surface area contributed by atoms with Gasteiger partial charge in [-0.15, -0.1) is 0 Å². The standard InChI is InChI=1S/C23H20FN5O/c24-19-6-3-16(4-7-19)15-29-13-1-2-21(29)23-27-22(28-30-23)18-5-8-20(26-14-18)17-9-11-25-12-10-17/h3-12,14,21H,1-2,13,15H2/t21-/m0/s1. The van der Waals surface area contributed by atoms with Crippen LogP contribution in [0.15, 0.2) is 71.6 Å². The minimum Gasteiger partial charge on any atom is -0.337 e. The maximum Gasteiger partial charge on any atom is 0.244 e. The molecule has 0 saturated carbocycles. The van der Waals surface area contributed by atoms with Gasteiger partial charge in [0.1, 0.15) is 5.82 Å². The van der Waals surface area contributed by atoms with Crippen LogP contribution in [0, 0.1) is 5.82 Å². The molecular weight excluding hydrogens is 381 g/mol.